The number of hydrazone groups is 1. The van der Waals surface area contributed by atoms with Gasteiger partial charge in [-0.05, 0) is 62.2 Å². The normalized spacial score (nSPS) is 10.5. The predicted octanol–water partition coefficient (Wildman–Crippen LogP) is 2.49. The zero-order valence-corrected chi connectivity index (χ0v) is 15.8. The van der Waals surface area contributed by atoms with E-state index in [1.54, 1.807) is 19.1 Å². The van der Waals surface area contributed by atoms with Crippen LogP contribution >= 0.6 is 0 Å². The molecule has 0 aliphatic rings. The van der Waals surface area contributed by atoms with Gasteiger partial charge in [0.1, 0.15) is 5.75 Å². The Morgan fingerprint density at radius 2 is 1.82 bits per heavy atom. The number of nitrogens with zero attached hydrogens (tertiary/aromatic N) is 1. The number of anilines is 1. The van der Waals surface area contributed by atoms with Gasteiger partial charge in [0.2, 0.25) is 0 Å². The first-order chi connectivity index (χ1) is 13.3. The number of nitrogens with one attached hydrogen (secondary N) is 2. The molecular formula is C20H21N3O5. The molecule has 0 saturated carbocycles. The van der Waals surface area contributed by atoms with Gasteiger partial charge < -0.3 is 15.2 Å². The lowest BCUT2D eigenvalue weighted by Gasteiger charge is -2.08. The molecule has 0 spiro atoms. The lowest BCUT2D eigenvalue weighted by atomic mass is 10.1. The number of ether oxygens (including phenoxy) is 1. The number of amides is 2. The summed E-state index contributed by atoms with van der Waals surface area (Å²) >= 11 is 0. The molecule has 2 rings (SSSR count). The summed E-state index contributed by atoms with van der Waals surface area (Å²) in [6.45, 7) is 6.00. The fourth-order valence-electron chi connectivity index (χ4n) is 2.29. The van der Waals surface area contributed by atoms with E-state index in [1.165, 1.54) is 24.4 Å². The van der Waals surface area contributed by atoms with Gasteiger partial charge in [0.05, 0.1) is 18.4 Å². The van der Waals surface area contributed by atoms with Gasteiger partial charge in [0, 0.05) is 11.3 Å². The van der Waals surface area contributed by atoms with E-state index < -0.39 is 17.8 Å². The second kappa shape index (κ2) is 9.31. The molecule has 146 valence electrons. The minimum absolute atomic E-state index is 0.0451. The van der Waals surface area contributed by atoms with Crippen LogP contribution in [0.25, 0.3) is 0 Å². The monoisotopic (exact) mass is 383 g/mol. The zero-order valence-electron chi connectivity index (χ0n) is 15.8. The summed E-state index contributed by atoms with van der Waals surface area (Å²) in [4.78, 5) is 35.0. The summed E-state index contributed by atoms with van der Waals surface area (Å²) < 4.78 is 5.40. The van der Waals surface area contributed by atoms with Gasteiger partial charge in [-0.1, -0.05) is 6.07 Å². The highest BCUT2D eigenvalue weighted by atomic mass is 16.5. The molecule has 0 heterocycles. The minimum atomic E-state index is -1.10. The maximum atomic E-state index is 12.0. The SMILES string of the molecule is CCOc1ccc(C(=O)O)cc1/C=N\NC(=O)C(=O)Nc1ccc(C)c(C)c1. The van der Waals surface area contributed by atoms with Crippen molar-refractivity contribution in [1.82, 2.24) is 5.43 Å². The Morgan fingerprint density at radius 1 is 1.07 bits per heavy atom. The van der Waals surface area contributed by atoms with Crippen molar-refractivity contribution < 1.29 is 24.2 Å². The zero-order chi connectivity index (χ0) is 20.7. The first-order valence-corrected chi connectivity index (χ1v) is 8.53. The van der Waals surface area contributed by atoms with E-state index in [0.717, 1.165) is 11.1 Å². The van der Waals surface area contributed by atoms with Crippen molar-refractivity contribution >= 4 is 29.7 Å². The molecule has 2 amide bonds. The lowest BCUT2D eigenvalue weighted by molar-refractivity contribution is -0.136. The van der Waals surface area contributed by atoms with Gasteiger partial charge in [0.25, 0.3) is 0 Å². The van der Waals surface area contributed by atoms with Gasteiger partial charge >= 0.3 is 17.8 Å². The van der Waals surface area contributed by atoms with Gasteiger partial charge in [-0.3, -0.25) is 9.59 Å². The van der Waals surface area contributed by atoms with E-state index in [-0.39, 0.29) is 5.56 Å². The topological polar surface area (TPSA) is 117 Å². The molecule has 0 aliphatic heterocycles. The minimum Gasteiger partial charge on any atom is -0.493 e. The van der Waals surface area contributed by atoms with Crippen LogP contribution in [0.15, 0.2) is 41.5 Å². The summed E-state index contributed by atoms with van der Waals surface area (Å²) in [6.07, 6.45) is 1.22. The Hall–Kier alpha value is -3.68. The Morgan fingerprint density at radius 3 is 2.46 bits per heavy atom. The van der Waals surface area contributed by atoms with E-state index in [4.69, 9.17) is 9.84 Å². The number of rotatable bonds is 6. The summed E-state index contributed by atoms with van der Waals surface area (Å²) in [5.41, 5.74) is 5.07. The van der Waals surface area contributed by atoms with Gasteiger partial charge in [-0.15, -0.1) is 0 Å². The average molecular weight is 383 g/mol. The van der Waals surface area contributed by atoms with Crippen molar-refractivity contribution in [1.29, 1.82) is 0 Å². The Bertz CT molecular complexity index is 937. The van der Waals surface area contributed by atoms with Gasteiger partial charge in [0.15, 0.2) is 0 Å². The molecule has 0 fully saturated rings. The first-order valence-electron chi connectivity index (χ1n) is 8.53. The molecular weight excluding hydrogens is 362 g/mol. The molecule has 2 aromatic carbocycles. The number of aromatic carboxylic acids is 1. The number of carboxylic acids is 1. The standard InChI is InChI=1S/C20H21N3O5/c1-4-28-17-8-6-14(20(26)27)10-15(17)11-21-23-19(25)18(24)22-16-7-5-12(2)13(3)9-16/h5-11H,4H2,1-3H3,(H,22,24)(H,23,25)(H,26,27)/b21-11-. The summed E-state index contributed by atoms with van der Waals surface area (Å²) in [5, 5.41) is 15.3. The largest absolute Gasteiger partial charge is 0.493 e. The number of carbonyl (C=O) groups excluding carboxylic acids is 2. The van der Waals surface area contributed by atoms with Crippen LogP contribution in [0.3, 0.4) is 0 Å². The number of aryl methyl sites for hydroxylation is 2. The lowest BCUT2D eigenvalue weighted by Crippen LogP contribution is -2.32. The van der Waals surface area contributed by atoms with Crippen molar-refractivity contribution in [3.63, 3.8) is 0 Å². The number of hydrogen-bond acceptors (Lipinski definition) is 5. The van der Waals surface area contributed by atoms with Crippen molar-refractivity contribution in [2.45, 2.75) is 20.8 Å². The Balaban J connectivity index is 2.05. The third kappa shape index (κ3) is 5.41. The highest BCUT2D eigenvalue weighted by Crippen LogP contribution is 2.19. The predicted molar refractivity (Wildman–Crippen MR) is 105 cm³/mol. The van der Waals surface area contributed by atoms with Crippen LogP contribution in [0.1, 0.15) is 34.0 Å². The molecule has 0 radical (unpaired) electrons. The van der Waals surface area contributed by atoms with Crippen LogP contribution in [0.5, 0.6) is 5.75 Å². The van der Waals surface area contributed by atoms with Crippen LogP contribution in [0.2, 0.25) is 0 Å². The Labute approximate surface area is 162 Å². The number of hydrogen-bond donors (Lipinski definition) is 3. The van der Waals surface area contributed by atoms with E-state index in [1.807, 2.05) is 19.9 Å². The highest BCUT2D eigenvalue weighted by Gasteiger charge is 2.13. The van der Waals surface area contributed by atoms with Crippen LogP contribution in [0.4, 0.5) is 5.69 Å². The fraction of sp³-hybridized carbons (Fsp3) is 0.200. The van der Waals surface area contributed by atoms with E-state index >= 15 is 0 Å². The molecule has 0 unspecified atom stereocenters. The molecule has 8 heteroatoms. The molecule has 0 saturated heterocycles. The van der Waals surface area contributed by atoms with E-state index in [0.29, 0.717) is 23.6 Å². The van der Waals surface area contributed by atoms with Crippen molar-refractivity contribution in [3.05, 3.63) is 58.7 Å². The Kier molecular flexibility index (Phi) is 6.86. The third-order valence-corrected chi connectivity index (χ3v) is 3.90. The molecule has 2 aromatic rings. The molecule has 0 bridgehead atoms. The molecule has 28 heavy (non-hydrogen) atoms. The maximum absolute atomic E-state index is 12.0. The summed E-state index contributed by atoms with van der Waals surface area (Å²) in [5.74, 6) is -2.52. The number of carbonyl (C=O) groups is 3. The number of benzene rings is 2. The molecule has 3 N–H and O–H groups in total. The molecule has 0 atom stereocenters. The van der Waals surface area contributed by atoms with Crippen LogP contribution in [-0.4, -0.2) is 35.7 Å². The van der Waals surface area contributed by atoms with Crippen LogP contribution < -0.4 is 15.5 Å². The highest BCUT2D eigenvalue weighted by molar-refractivity contribution is 6.39. The second-order valence-electron chi connectivity index (χ2n) is 5.94. The van der Waals surface area contributed by atoms with Gasteiger partial charge in [-0.25, -0.2) is 10.2 Å². The maximum Gasteiger partial charge on any atom is 0.335 e. The molecule has 0 aromatic heterocycles. The van der Waals surface area contributed by atoms with Crippen molar-refractivity contribution in [2.75, 3.05) is 11.9 Å². The van der Waals surface area contributed by atoms with Gasteiger partial charge in [-0.2, -0.15) is 5.10 Å². The average Bonchev–Trinajstić information content (AvgIpc) is 2.65. The van der Waals surface area contributed by atoms with Crippen LogP contribution in [0, 0.1) is 13.8 Å². The summed E-state index contributed by atoms with van der Waals surface area (Å²) in [7, 11) is 0. The molecule has 0 aliphatic carbocycles. The molecule has 8 nitrogen and oxygen atoms in total. The second-order valence-corrected chi connectivity index (χ2v) is 5.94. The third-order valence-electron chi connectivity index (χ3n) is 3.90. The quantitative estimate of drug-likeness (QED) is 0.402. The fourth-order valence-corrected chi connectivity index (χ4v) is 2.29. The van der Waals surface area contributed by atoms with Crippen molar-refractivity contribution in [3.8, 4) is 5.75 Å². The summed E-state index contributed by atoms with van der Waals surface area (Å²) in [6, 6.07) is 9.56. The smallest absolute Gasteiger partial charge is 0.335 e. The first kappa shape index (κ1) is 20.6. The van der Waals surface area contributed by atoms with Crippen LogP contribution in [-0.2, 0) is 9.59 Å². The van der Waals surface area contributed by atoms with E-state index in [2.05, 4.69) is 15.8 Å². The van der Waals surface area contributed by atoms with E-state index in [9.17, 15) is 14.4 Å². The number of carboxylic acid groups (broad SMARTS) is 1. The van der Waals surface area contributed by atoms with Crippen molar-refractivity contribution in [2.24, 2.45) is 5.10 Å².